The van der Waals surface area contributed by atoms with Crippen molar-refractivity contribution in [3.63, 3.8) is 0 Å². The summed E-state index contributed by atoms with van der Waals surface area (Å²) < 4.78 is 18.9. The molecule has 0 radical (unpaired) electrons. The lowest BCUT2D eigenvalue weighted by atomic mass is 10.1. The molecule has 3 rings (SSSR count). The number of anilines is 1. The Bertz CT molecular complexity index is 741. The fraction of sp³-hybridized carbons (Fsp3) is 0.154. The quantitative estimate of drug-likeness (QED) is 0.798. The second-order valence-electron chi connectivity index (χ2n) is 4.41. The summed E-state index contributed by atoms with van der Waals surface area (Å²) in [5, 5.41) is 3.73. The van der Waals surface area contributed by atoms with Gasteiger partial charge in [0.05, 0.1) is 28.5 Å². The molecule has 1 aromatic carbocycles. The highest BCUT2D eigenvalue weighted by molar-refractivity contribution is 6.55. The molecule has 5 nitrogen and oxygen atoms in total. The first-order valence-electron chi connectivity index (χ1n) is 5.75. The van der Waals surface area contributed by atoms with Crippen LogP contribution < -0.4 is 4.90 Å². The number of aromatic nitrogens is 1. The molecule has 1 aliphatic heterocycles. The monoisotopic (exact) mass is 294 g/mol. The molecule has 2 heterocycles. The molecule has 0 bridgehead atoms. The predicted molar refractivity (Wildman–Crippen MR) is 68.2 cm³/mol. The third-order valence-corrected chi connectivity index (χ3v) is 3.32. The van der Waals surface area contributed by atoms with Gasteiger partial charge in [-0.2, -0.15) is 0 Å². The number of benzene rings is 1. The van der Waals surface area contributed by atoms with Gasteiger partial charge in [-0.1, -0.05) is 16.8 Å². The van der Waals surface area contributed by atoms with Gasteiger partial charge in [-0.3, -0.25) is 14.5 Å². The maximum Gasteiger partial charge on any atom is 0.300 e. The number of hydrogen-bond acceptors (Lipinski definition) is 4. The van der Waals surface area contributed by atoms with Crippen molar-refractivity contribution >= 4 is 29.0 Å². The van der Waals surface area contributed by atoms with Crippen molar-refractivity contribution in [3.05, 3.63) is 46.1 Å². The van der Waals surface area contributed by atoms with Crippen molar-refractivity contribution in [1.29, 1.82) is 0 Å². The zero-order chi connectivity index (χ0) is 14.4. The smallest absolute Gasteiger partial charge is 0.300 e. The molecule has 0 N–H and O–H groups in total. The standard InChI is InChI=1S/C13H8ClFN2O3/c1-6-4-7(20-16-6)5-17-11-9(15)3-2-8(14)10(11)12(18)13(17)19/h2-4H,5H2,1H3. The number of fused-ring (bicyclic) bond motifs is 1. The Hall–Kier alpha value is -2.21. The number of carbonyl (C=O) groups excluding carboxylic acids is 2. The van der Waals surface area contributed by atoms with Crippen LogP contribution in [0.15, 0.2) is 22.7 Å². The first-order valence-corrected chi connectivity index (χ1v) is 6.13. The van der Waals surface area contributed by atoms with E-state index in [4.69, 9.17) is 16.1 Å². The van der Waals surface area contributed by atoms with Gasteiger partial charge in [0.15, 0.2) is 5.76 Å². The Morgan fingerprint density at radius 1 is 1.40 bits per heavy atom. The van der Waals surface area contributed by atoms with Crippen LogP contribution in [0.5, 0.6) is 0 Å². The molecule has 1 aliphatic rings. The molecule has 2 aromatic rings. The van der Waals surface area contributed by atoms with Crippen LogP contribution in [0, 0.1) is 12.7 Å². The van der Waals surface area contributed by atoms with Crippen molar-refractivity contribution in [1.82, 2.24) is 5.16 Å². The normalized spacial score (nSPS) is 14.1. The van der Waals surface area contributed by atoms with Gasteiger partial charge in [-0.15, -0.1) is 0 Å². The molecule has 0 saturated heterocycles. The van der Waals surface area contributed by atoms with Gasteiger partial charge in [-0.25, -0.2) is 4.39 Å². The lowest BCUT2D eigenvalue weighted by Gasteiger charge is -2.15. The van der Waals surface area contributed by atoms with Crippen molar-refractivity contribution in [3.8, 4) is 0 Å². The van der Waals surface area contributed by atoms with Crippen LogP contribution in [0.2, 0.25) is 5.02 Å². The second-order valence-corrected chi connectivity index (χ2v) is 4.82. The van der Waals surface area contributed by atoms with Gasteiger partial charge in [0, 0.05) is 6.07 Å². The topological polar surface area (TPSA) is 63.4 Å². The maximum absolute atomic E-state index is 13.9. The predicted octanol–water partition coefficient (Wildman–Crippen LogP) is 2.51. The number of nitrogens with zero attached hydrogens (tertiary/aromatic N) is 2. The largest absolute Gasteiger partial charge is 0.359 e. The Balaban J connectivity index is 2.08. The number of aryl methyl sites for hydroxylation is 1. The van der Waals surface area contributed by atoms with E-state index in [2.05, 4.69) is 5.16 Å². The third kappa shape index (κ3) is 1.80. The number of halogens is 2. The molecule has 0 atom stereocenters. The summed E-state index contributed by atoms with van der Waals surface area (Å²) in [6.07, 6.45) is 0. The molecular formula is C13H8ClFN2O3. The highest BCUT2D eigenvalue weighted by Crippen LogP contribution is 2.37. The zero-order valence-electron chi connectivity index (χ0n) is 10.3. The SMILES string of the molecule is Cc1cc(CN2C(=O)C(=O)c3c(Cl)ccc(F)c32)on1. The van der Waals surface area contributed by atoms with Crippen molar-refractivity contribution < 1.29 is 18.5 Å². The number of hydrogen-bond donors (Lipinski definition) is 0. The van der Waals surface area contributed by atoms with E-state index in [0.717, 1.165) is 11.0 Å². The van der Waals surface area contributed by atoms with Crippen LogP contribution in [-0.4, -0.2) is 16.8 Å². The first-order chi connectivity index (χ1) is 9.49. The Morgan fingerprint density at radius 3 is 2.80 bits per heavy atom. The summed E-state index contributed by atoms with van der Waals surface area (Å²) in [4.78, 5) is 24.9. The highest BCUT2D eigenvalue weighted by Gasteiger charge is 2.40. The van der Waals surface area contributed by atoms with Crippen molar-refractivity contribution in [2.45, 2.75) is 13.5 Å². The zero-order valence-corrected chi connectivity index (χ0v) is 11.1. The van der Waals surface area contributed by atoms with Crippen molar-refractivity contribution in [2.24, 2.45) is 0 Å². The Kier molecular flexibility index (Phi) is 2.83. The minimum atomic E-state index is -0.832. The van der Waals surface area contributed by atoms with Crippen LogP contribution in [0.3, 0.4) is 0 Å². The van der Waals surface area contributed by atoms with E-state index in [1.807, 2.05) is 0 Å². The van der Waals surface area contributed by atoms with Gasteiger partial charge < -0.3 is 4.52 Å². The average Bonchev–Trinajstić information content (AvgIpc) is 2.92. The molecule has 20 heavy (non-hydrogen) atoms. The van der Waals surface area contributed by atoms with E-state index in [1.54, 1.807) is 13.0 Å². The van der Waals surface area contributed by atoms with E-state index >= 15 is 0 Å². The van der Waals surface area contributed by atoms with Gasteiger partial charge in [0.25, 0.3) is 11.7 Å². The molecule has 7 heteroatoms. The number of rotatable bonds is 2. The Morgan fingerprint density at radius 2 is 2.15 bits per heavy atom. The van der Waals surface area contributed by atoms with Crippen LogP contribution >= 0.6 is 11.6 Å². The molecule has 0 fully saturated rings. The van der Waals surface area contributed by atoms with E-state index in [9.17, 15) is 14.0 Å². The summed E-state index contributed by atoms with van der Waals surface area (Å²) in [7, 11) is 0. The molecule has 0 saturated carbocycles. The van der Waals surface area contributed by atoms with Gasteiger partial charge >= 0.3 is 0 Å². The molecule has 0 spiro atoms. The summed E-state index contributed by atoms with van der Waals surface area (Å²) in [5.41, 5.74) is 0.416. The minimum Gasteiger partial charge on any atom is -0.359 e. The lowest BCUT2D eigenvalue weighted by Crippen LogP contribution is -2.29. The van der Waals surface area contributed by atoms with E-state index in [1.165, 1.54) is 6.07 Å². The van der Waals surface area contributed by atoms with Gasteiger partial charge in [0.1, 0.15) is 5.82 Å². The van der Waals surface area contributed by atoms with Gasteiger partial charge in [-0.05, 0) is 19.1 Å². The van der Waals surface area contributed by atoms with Crippen LogP contribution in [0.4, 0.5) is 10.1 Å². The number of carbonyl (C=O) groups is 2. The molecule has 1 aromatic heterocycles. The molecule has 102 valence electrons. The molecule has 0 unspecified atom stereocenters. The van der Waals surface area contributed by atoms with Crippen molar-refractivity contribution in [2.75, 3.05) is 4.90 Å². The summed E-state index contributed by atoms with van der Waals surface area (Å²) in [6, 6.07) is 3.98. The summed E-state index contributed by atoms with van der Waals surface area (Å²) >= 11 is 5.87. The van der Waals surface area contributed by atoms with E-state index in [-0.39, 0.29) is 22.8 Å². The van der Waals surface area contributed by atoms with Crippen LogP contribution in [0.25, 0.3) is 0 Å². The fourth-order valence-corrected chi connectivity index (χ4v) is 2.39. The molecular weight excluding hydrogens is 287 g/mol. The Labute approximate surface area is 117 Å². The second kappa shape index (κ2) is 4.42. The highest BCUT2D eigenvalue weighted by atomic mass is 35.5. The third-order valence-electron chi connectivity index (χ3n) is 3.00. The summed E-state index contributed by atoms with van der Waals surface area (Å²) in [6.45, 7) is 1.64. The fourth-order valence-electron chi connectivity index (χ4n) is 2.15. The average molecular weight is 295 g/mol. The number of ketones is 1. The van der Waals surface area contributed by atoms with Crippen LogP contribution in [0.1, 0.15) is 21.8 Å². The number of amides is 1. The molecule has 1 amide bonds. The van der Waals surface area contributed by atoms with Gasteiger partial charge in [0.2, 0.25) is 0 Å². The lowest BCUT2D eigenvalue weighted by molar-refractivity contribution is -0.114. The minimum absolute atomic E-state index is 0.0519. The van der Waals surface area contributed by atoms with E-state index in [0.29, 0.717) is 11.5 Å². The summed E-state index contributed by atoms with van der Waals surface area (Å²) in [5.74, 6) is -1.97. The maximum atomic E-state index is 13.9. The number of Topliss-reactive ketones (excluding diaryl/α,β-unsaturated/α-hetero) is 1. The first kappa shape index (κ1) is 12.8. The van der Waals surface area contributed by atoms with Crippen LogP contribution in [-0.2, 0) is 11.3 Å². The van der Waals surface area contributed by atoms with E-state index < -0.39 is 17.5 Å². The molecule has 0 aliphatic carbocycles.